The Bertz CT molecular complexity index is 656. The summed E-state index contributed by atoms with van der Waals surface area (Å²) in [6.45, 7) is 0.900. The molecule has 0 saturated carbocycles. The zero-order valence-corrected chi connectivity index (χ0v) is 12.1. The number of esters is 2. The van der Waals surface area contributed by atoms with E-state index in [1.165, 1.54) is 0 Å². The standard InChI is InChI=1S/C12H12N2O9/c1-3-22-10(15)6-23-11-8(12(16)21-2)4-7(13(17)18)5-9(11)14(19)20/h4-5H,3,6H2,1-2H3. The number of carbonyl (C=O) groups is 2. The van der Waals surface area contributed by atoms with Gasteiger partial charge >= 0.3 is 17.6 Å². The second kappa shape index (κ2) is 7.68. The lowest BCUT2D eigenvalue weighted by Gasteiger charge is -2.10. The van der Waals surface area contributed by atoms with Gasteiger partial charge in [0.2, 0.25) is 5.75 Å². The molecule has 0 aliphatic heterocycles. The fraction of sp³-hybridized carbons (Fsp3) is 0.333. The van der Waals surface area contributed by atoms with E-state index in [2.05, 4.69) is 9.47 Å². The normalized spacial score (nSPS) is 9.83. The summed E-state index contributed by atoms with van der Waals surface area (Å²) in [4.78, 5) is 43.0. The largest absolute Gasteiger partial charge is 0.474 e. The number of carbonyl (C=O) groups excluding carboxylic acids is 2. The quantitative estimate of drug-likeness (QED) is 0.409. The van der Waals surface area contributed by atoms with E-state index in [4.69, 9.17) is 4.74 Å². The van der Waals surface area contributed by atoms with Crippen LogP contribution in [0.25, 0.3) is 0 Å². The number of benzene rings is 1. The number of hydrogen-bond donors (Lipinski definition) is 0. The monoisotopic (exact) mass is 328 g/mol. The highest BCUT2D eigenvalue weighted by Gasteiger charge is 2.30. The van der Waals surface area contributed by atoms with Crippen molar-refractivity contribution in [3.8, 4) is 5.75 Å². The van der Waals surface area contributed by atoms with Gasteiger partial charge in [0.1, 0.15) is 5.56 Å². The molecule has 23 heavy (non-hydrogen) atoms. The van der Waals surface area contributed by atoms with Gasteiger partial charge in [-0.2, -0.15) is 0 Å². The first-order valence-corrected chi connectivity index (χ1v) is 6.15. The summed E-state index contributed by atoms with van der Waals surface area (Å²) in [6.07, 6.45) is 0. The van der Waals surface area contributed by atoms with Gasteiger partial charge in [-0.25, -0.2) is 9.59 Å². The molecule has 0 bridgehead atoms. The Labute approximate surface area is 129 Å². The minimum absolute atomic E-state index is 0.0639. The first-order chi connectivity index (χ1) is 10.8. The molecule has 0 heterocycles. The number of nitro benzene ring substituents is 2. The number of nitrogens with zero attached hydrogens (tertiary/aromatic N) is 2. The summed E-state index contributed by atoms with van der Waals surface area (Å²) in [5.74, 6) is -2.52. The van der Waals surface area contributed by atoms with Crippen molar-refractivity contribution < 1.29 is 33.6 Å². The maximum absolute atomic E-state index is 11.7. The zero-order chi connectivity index (χ0) is 17.6. The third kappa shape index (κ3) is 4.36. The van der Waals surface area contributed by atoms with Crippen molar-refractivity contribution in [2.24, 2.45) is 0 Å². The highest BCUT2D eigenvalue weighted by atomic mass is 16.6. The van der Waals surface area contributed by atoms with Gasteiger partial charge in [-0.05, 0) is 6.92 Å². The van der Waals surface area contributed by atoms with E-state index in [9.17, 15) is 29.8 Å². The van der Waals surface area contributed by atoms with Gasteiger partial charge in [0.15, 0.2) is 6.61 Å². The van der Waals surface area contributed by atoms with Crippen molar-refractivity contribution in [3.05, 3.63) is 37.9 Å². The molecule has 0 aliphatic carbocycles. The highest BCUT2D eigenvalue weighted by molar-refractivity contribution is 5.95. The van der Waals surface area contributed by atoms with Gasteiger partial charge < -0.3 is 14.2 Å². The average molecular weight is 328 g/mol. The molecule has 0 spiro atoms. The van der Waals surface area contributed by atoms with Gasteiger partial charge in [-0.3, -0.25) is 20.2 Å². The average Bonchev–Trinajstić information content (AvgIpc) is 2.51. The van der Waals surface area contributed by atoms with Crippen molar-refractivity contribution >= 4 is 23.3 Å². The molecule has 0 fully saturated rings. The molecule has 0 saturated heterocycles. The van der Waals surface area contributed by atoms with E-state index in [1.54, 1.807) is 6.92 Å². The first-order valence-electron chi connectivity index (χ1n) is 6.15. The van der Waals surface area contributed by atoms with Crippen LogP contribution in [-0.2, 0) is 14.3 Å². The van der Waals surface area contributed by atoms with E-state index >= 15 is 0 Å². The molecule has 0 atom stereocenters. The molecule has 11 nitrogen and oxygen atoms in total. The Balaban J connectivity index is 3.38. The number of ether oxygens (including phenoxy) is 3. The molecule has 1 aromatic rings. The maximum atomic E-state index is 11.7. The van der Waals surface area contributed by atoms with Crippen LogP contribution in [0.5, 0.6) is 5.75 Å². The molecular weight excluding hydrogens is 316 g/mol. The molecule has 1 rings (SSSR count). The second-order valence-corrected chi connectivity index (χ2v) is 3.94. The van der Waals surface area contributed by atoms with Crippen LogP contribution in [0.1, 0.15) is 17.3 Å². The van der Waals surface area contributed by atoms with Crippen molar-refractivity contribution in [2.75, 3.05) is 20.3 Å². The summed E-state index contributed by atoms with van der Waals surface area (Å²) < 4.78 is 14.0. The molecular formula is C12H12N2O9. The number of hydrogen-bond acceptors (Lipinski definition) is 9. The van der Waals surface area contributed by atoms with Crippen LogP contribution >= 0.6 is 0 Å². The van der Waals surface area contributed by atoms with Crippen molar-refractivity contribution in [3.63, 3.8) is 0 Å². The van der Waals surface area contributed by atoms with E-state index in [1.807, 2.05) is 0 Å². The lowest BCUT2D eigenvalue weighted by molar-refractivity contribution is -0.394. The molecule has 1 aromatic carbocycles. The molecule has 0 radical (unpaired) electrons. The van der Waals surface area contributed by atoms with Gasteiger partial charge in [0.25, 0.3) is 5.69 Å². The van der Waals surface area contributed by atoms with Crippen LogP contribution in [-0.4, -0.2) is 42.1 Å². The fourth-order valence-corrected chi connectivity index (χ4v) is 1.59. The summed E-state index contributed by atoms with van der Waals surface area (Å²) in [7, 11) is 0.988. The van der Waals surface area contributed by atoms with Crippen LogP contribution in [0, 0.1) is 20.2 Å². The van der Waals surface area contributed by atoms with Crippen molar-refractivity contribution in [1.29, 1.82) is 0 Å². The van der Waals surface area contributed by atoms with Crippen LogP contribution in [0.3, 0.4) is 0 Å². The summed E-state index contributed by atoms with van der Waals surface area (Å²) in [6, 6.07) is 1.38. The molecule has 0 aromatic heterocycles. The summed E-state index contributed by atoms with van der Waals surface area (Å²) >= 11 is 0. The third-order valence-electron chi connectivity index (χ3n) is 2.51. The molecule has 0 aliphatic rings. The maximum Gasteiger partial charge on any atom is 0.344 e. The van der Waals surface area contributed by atoms with Crippen LogP contribution in [0.2, 0.25) is 0 Å². The smallest absolute Gasteiger partial charge is 0.344 e. The predicted octanol–water partition coefficient (Wildman–Crippen LogP) is 1.23. The van der Waals surface area contributed by atoms with Crippen LogP contribution in [0.15, 0.2) is 12.1 Å². The summed E-state index contributed by atoms with van der Waals surface area (Å²) in [5, 5.41) is 21.9. The van der Waals surface area contributed by atoms with Crippen molar-refractivity contribution in [1.82, 2.24) is 0 Å². The van der Waals surface area contributed by atoms with Gasteiger partial charge in [0, 0.05) is 6.07 Å². The van der Waals surface area contributed by atoms with Gasteiger partial charge in [-0.1, -0.05) is 0 Å². The molecule has 124 valence electrons. The molecule has 0 unspecified atom stereocenters. The Morgan fingerprint density at radius 2 is 1.83 bits per heavy atom. The number of non-ortho nitro benzene ring substituents is 1. The third-order valence-corrected chi connectivity index (χ3v) is 2.51. The van der Waals surface area contributed by atoms with E-state index in [0.29, 0.717) is 6.07 Å². The SMILES string of the molecule is CCOC(=O)COc1c(C(=O)OC)cc([N+](=O)[O-])cc1[N+](=O)[O-]. The molecule has 11 heteroatoms. The van der Waals surface area contributed by atoms with Gasteiger partial charge in [0.05, 0.1) is 29.6 Å². The van der Waals surface area contributed by atoms with Crippen LogP contribution in [0.4, 0.5) is 11.4 Å². The van der Waals surface area contributed by atoms with Crippen molar-refractivity contribution in [2.45, 2.75) is 6.92 Å². The number of nitro groups is 2. The number of methoxy groups -OCH3 is 1. The predicted molar refractivity (Wildman–Crippen MR) is 73.2 cm³/mol. The van der Waals surface area contributed by atoms with E-state index in [-0.39, 0.29) is 6.61 Å². The second-order valence-electron chi connectivity index (χ2n) is 3.94. The first kappa shape index (κ1) is 17.8. The van der Waals surface area contributed by atoms with Crippen LogP contribution < -0.4 is 4.74 Å². The highest BCUT2D eigenvalue weighted by Crippen LogP contribution is 2.36. The minimum atomic E-state index is -1.09. The Hall–Kier alpha value is -3.24. The summed E-state index contributed by atoms with van der Waals surface area (Å²) in [5.41, 5.74) is -2.08. The van der Waals surface area contributed by atoms with E-state index < -0.39 is 51.1 Å². The zero-order valence-electron chi connectivity index (χ0n) is 12.1. The Morgan fingerprint density at radius 1 is 1.17 bits per heavy atom. The number of rotatable bonds is 7. The molecule has 0 amide bonds. The fourth-order valence-electron chi connectivity index (χ4n) is 1.59. The Kier molecular flexibility index (Phi) is 5.95. The lowest BCUT2D eigenvalue weighted by Crippen LogP contribution is -2.17. The lowest BCUT2D eigenvalue weighted by atomic mass is 10.1. The topological polar surface area (TPSA) is 148 Å². The van der Waals surface area contributed by atoms with E-state index in [0.717, 1.165) is 13.2 Å². The molecule has 0 N–H and O–H groups in total. The minimum Gasteiger partial charge on any atom is -0.474 e. The van der Waals surface area contributed by atoms with Gasteiger partial charge in [-0.15, -0.1) is 0 Å². The Morgan fingerprint density at radius 3 is 2.30 bits per heavy atom.